The van der Waals surface area contributed by atoms with E-state index in [-0.39, 0.29) is 18.1 Å². The van der Waals surface area contributed by atoms with Gasteiger partial charge in [0.05, 0.1) is 0 Å². The number of carboxylic acid groups (broad SMARTS) is 1. The van der Waals surface area contributed by atoms with Crippen molar-refractivity contribution in [1.82, 2.24) is 4.90 Å². The van der Waals surface area contributed by atoms with Crippen LogP contribution in [0, 0.1) is 17.6 Å². The number of carboxylic acids is 1. The van der Waals surface area contributed by atoms with Gasteiger partial charge in [-0.1, -0.05) is 12.8 Å². The maximum absolute atomic E-state index is 13.7. The molecular formula is C21H33BF2N2O4. The van der Waals surface area contributed by atoms with Crippen molar-refractivity contribution in [3.63, 3.8) is 0 Å². The summed E-state index contributed by atoms with van der Waals surface area (Å²) in [4.78, 5) is 14.1. The third-order valence-electron chi connectivity index (χ3n) is 6.20. The van der Waals surface area contributed by atoms with E-state index in [1.165, 1.54) is 6.07 Å². The topological polar surface area (TPSA) is 107 Å². The molecule has 1 aliphatic rings. The van der Waals surface area contributed by atoms with Crippen molar-refractivity contribution in [2.75, 3.05) is 19.6 Å². The largest absolute Gasteiger partial charge is 0.480 e. The van der Waals surface area contributed by atoms with E-state index in [2.05, 4.69) is 4.90 Å². The Hall–Kier alpha value is -1.55. The number of nitrogens with zero attached hydrogens (tertiary/aromatic N) is 1. The van der Waals surface area contributed by atoms with Crippen LogP contribution in [-0.2, 0) is 11.2 Å². The third kappa shape index (κ3) is 7.30. The lowest BCUT2D eigenvalue weighted by molar-refractivity contribution is -0.147. The average Bonchev–Trinajstić information content (AvgIpc) is 2.71. The van der Waals surface area contributed by atoms with Crippen LogP contribution in [0.1, 0.15) is 50.5 Å². The summed E-state index contributed by atoms with van der Waals surface area (Å²) in [6, 6.07) is 3.52. The summed E-state index contributed by atoms with van der Waals surface area (Å²) in [7, 11) is -1.37. The first-order chi connectivity index (χ1) is 14.2. The monoisotopic (exact) mass is 426 g/mol. The van der Waals surface area contributed by atoms with Crippen LogP contribution in [0.3, 0.4) is 0 Å². The fourth-order valence-electron chi connectivity index (χ4n) is 4.29. The number of unbranched alkanes of at least 4 members (excludes halogenated alkanes) is 2. The minimum atomic E-state index is -1.37. The van der Waals surface area contributed by atoms with E-state index in [0.29, 0.717) is 44.1 Å². The van der Waals surface area contributed by atoms with Gasteiger partial charge in [-0.3, -0.25) is 4.79 Å². The van der Waals surface area contributed by atoms with Gasteiger partial charge in [-0.05, 0) is 94.2 Å². The summed E-state index contributed by atoms with van der Waals surface area (Å²) >= 11 is 0. The Morgan fingerprint density at radius 3 is 2.50 bits per heavy atom. The molecule has 1 saturated heterocycles. The summed E-state index contributed by atoms with van der Waals surface area (Å²) in [5.74, 6) is -1.92. The van der Waals surface area contributed by atoms with E-state index in [4.69, 9.17) is 15.8 Å². The molecule has 5 N–H and O–H groups in total. The van der Waals surface area contributed by atoms with Crippen molar-refractivity contribution in [2.24, 2.45) is 11.7 Å². The first-order valence-corrected chi connectivity index (χ1v) is 10.8. The van der Waals surface area contributed by atoms with Gasteiger partial charge in [0.15, 0.2) is 0 Å². The summed E-state index contributed by atoms with van der Waals surface area (Å²) < 4.78 is 26.9. The SMILES string of the molecule is NC(CCCCB(O)O)(C(=O)O)C1CCN(CCCCc2cc(F)ccc2F)CC1. The lowest BCUT2D eigenvalue weighted by atomic mass is 9.74. The molecule has 0 amide bonds. The van der Waals surface area contributed by atoms with Gasteiger partial charge in [0.1, 0.15) is 17.2 Å². The molecule has 0 radical (unpaired) electrons. The zero-order valence-corrected chi connectivity index (χ0v) is 17.4. The van der Waals surface area contributed by atoms with Gasteiger partial charge < -0.3 is 25.8 Å². The van der Waals surface area contributed by atoms with Crippen LogP contribution in [0.5, 0.6) is 0 Å². The van der Waals surface area contributed by atoms with E-state index in [1.54, 1.807) is 0 Å². The number of nitrogens with two attached hydrogens (primary N) is 1. The molecule has 1 atom stereocenters. The number of carbonyl (C=O) groups is 1. The van der Waals surface area contributed by atoms with E-state index < -0.39 is 24.4 Å². The Morgan fingerprint density at radius 1 is 1.17 bits per heavy atom. The molecular weight excluding hydrogens is 393 g/mol. The van der Waals surface area contributed by atoms with Crippen LogP contribution in [-0.4, -0.2) is 58.3 Å². The standard InChI is InChI=1S/C21H33BF2N2O4/c23-18-6-7-19(24)16(15-18)5-1-4-12-26-13-8-17(9-14-26)21(25,20(27)28)10-2-3-11-22(29)30/h6-7,15,17,29-30H,1-5,8-14,25H2,(H,27,28). The minimum absolute atomic E-state index is 0.119. The Labute approximate surface area is 177 Å². The maximum Gasteiger partial charge on any atom is 0.451 e. The molecule has 9 heteroatoms. The van der Waals surface area contributed by atoms with Gasteiger partial charge in [0.25, 0.3) is 0 Å². The minimum Gasteiger partial charge on any atom is -0.480 e. The molecule has 0 bridgehead atoms. The molecule has 2 rings (SSSR count). The highest BCUT2D eigenvalue weighted by Crippen LogP contribution is 2.31. The first kappa shape index (κ1) is 24.7. The summed E-state index contributed by atoms with van der Waals surface area (Å²) in [6.07, 6.45) is 5.10. The average molecular weight is 426 g/mol. The summed E-state index contributed by atoms with van der Waals surface area (Å²) in [6.45, 7) is 2.36. The zero-order valence-electron chi connectivity index (χ0n) is 17.4. The highest BCUT2D eigenvalue weighted by atomic mass is 19.1. The summed E-state index contributed by atoms with van der Waals surface area (Å²) in [5.41, 5.74) is 5.39. The normalized spacial score (nSPS) is 17.6. The lowest BCUT2D eigenvalue weighted by Gasteiger charge is -2.40. The second-order valence-electron chi connectivity index (χ2n) is 8.38. The predicted octanol–water partition coefficient (Wildman–Crippen LogP) is 2.42. The van der Waals surface area contributed by atoms with Crippen LogP contribution in [0.4, 0.5) is 8.78 Å². The van der Waals surface area contributed by atoms with Gasteiger partial charge in [-0.15, -0.1) is 0 Å². The highest BCUT2D eigenvalue weighted by Gasteiger charge is 2.42. The van der Waals surface area contributed by atoms with Gasteiger partial charge in [0.2, 0.25) is 0 Å². The molecule has 1 fully saturated rings. The van der Waals surface area contributed by atoms with E-state index in [1.807, 2.05) is 0 Å². The van der Waals surface area contributed by atoms with Gasteiger partial charge >= 0.3 is 13.1 Å². The Kier molecular flexibility index (Phi) is 9.68. The number of hydrogen-bond acceptors (Lipinski definition) is 5. The molecule has 168 valence electrons. The molecule has 1 aromatic carbocycles. The fraction of sp³-hybridized carbons (Fsp3) is 0.667. The first-order valence-electron chi connectivity index (χ1n) is 10.8. The molecule has 1 aromatic rings. The smallest absolute Gasteiger partial charge is 0.451 e. The van der Waals surface area contributed by atoms with Crippen molar-refractivity contribution >= 4 is 13.1 Å². The number of likely N-dealkylation sites (tertiary alicyclic amines) is 1. The zero-order chi connectivity index (χ0) is 22.1. The Bertz CT molecular complexity index is 687. The number of rotatable bonds is 12. The quantitative estimate of drug-likeness (QED) is 0.302. The van der Waals surface area contributed by atoms with Crippen molar-refractivity contribution in [2.45, 2.75) is 63.2 Å². The fourth-order valence-corrected chi connectivity index (χ4v) is 4.29. The van der Waals surface area contributed by atoms with Crippen LogP contribution in [0.15, 0.2) is 18.2 Å². The van der Waals surface area contributed by atoms with Crippen molar-refractivity contribution in [3.8, 4) is 0 Å². The molecule has 0 saturated carbocycles. The number of aliphatic carboxylic acids is 1. The maximum atomic E-state index is 13.7. The number of halogens is 2. The van der Waals surface area contributed by atoms with E-state index >= 15 is 0 Å². The van der Waals surface area contributed by atoms with E-state index in [0.717, 1.165) is 44.6 Å². The number of hydrogen-bond donors (Lipinski definition) is 4. The molecule has 0 aromatic heterocycles. The second-order valence-corrected chi connectivity index (χ2v) is 8.38. The molecule has 0 spiro atoms. The van der Waals surface area contributed by atoms with Gasteiger partial charge in [-0.2, -0.15) is 0 Å². The number of benzene rings is 1. The third-order valence-corrected chi connectivity index (χ3v) is 6.20. The molecule has 0 aliphatic carbocycles. The van der Waals surface area contributed by atoms with E-state index in [9.17, 15) is 18.7 Å². The van der Waals surface area contributed by atoms with Crippen molar-refractivity contribution in [1.29, 1.82) is 0 Å². The number of piperidine rings is 1. The van der Waals surface area contributed by atoms with Crippen molar-refractivity contribution in [3.05, 3.63) is 35.4 Å². The number of aryl methyl sites for hydroxylation is 1. The molecule has 1 heterocycles. The summed E-state index contributed by atoms with van der Waals surface area (Å²) in [5, 5.41) is 27.5. The van der Waals surface area contributed by atoms with Gasteiger partial charge in [-0.25, -0.2) is 8.78 Å². The van der Waals surface area contributed by atoms with Crippen LogP contribution < -0.4 is 5.73 Å². The molecule has 1 aliphatic heterocycles. The van der Waals surface area contributed by atoms with Crippen LogP contribution >= 0.6 is 0 Å². The van der Waals surface area contributed by atoms with Gasteiger partial charge in [0, 0.05) is 0 Å². The Morgan fingerprint density at radius 2 is 1.87 bits per heavy atom. The second kappa shape index (κ2) is 11.7. The Balaban J connectivity index is 1.73. The lowest BCUT2D eigenvalue weighted by Crippen LogP contribution is -2.57. The molecule has 1 unspecified atom stereocenters. The van der Waals surface area contributed by atoms with Crippen LogP contribution in [0.25, 0.3) is 0 Å². The molecule has 6 nitrogen and oxygen atoms in total. The van der Waals surface area contributed by atoms with Crippen molar-refractivity contribution < 1.29 is 28.7 Å². The predicted molar refractivity (Wildman–Crippen MR) is 112 cm³/mol. The van der Waals surface area contributed by atoms with Crippen LogP contribution in [0.2, 0.25) is 6.32 Å². The highest BCUT2D eigenvalue weighted by molar-refractivity contribution is 6.40. The molecule has 30 heavy (non-hydrogen) atoms.